The molecule has 0 saturated carbocycles. The lowest BCUT2D eigenvalue weighted by Gasteiger charge is -2.33. The molecule has 1 aliphatic rings. The first-order valence-corrected chi connectivity index (χ1v) is 6.75. The van der Waals surface area contributed by atoms with Crippen molar-refractivity contribution in [1.82, 2.24) is 4.98 Å². The number of nitrogens with two attached hydrogens (primary N) is 1. The van der Waals surface area contributed by atoms with Crippen LogP contribution >= 0.6 is 11.6 Å². The van der Waals surface area contributed by atoms with Crippen molar-refractivity contribution in [2.24, 2.45) is 11.7 Å². The van der Waals surface area contributed by atoms with Crippen molar-refractivity contribution in [3.8, 4) is 0 Å². The first-order valence-electron chi connectivity index (χ1n) is 6.37. The van der Waals surface area contributed by atoms with Gasteiger partial charge in [-0.25, -0.2) is 4.98 Å². The molecule has 0 bridgehead atoms. The van der Waals surface area contributed by atoms with Gasteiger partial charge in [0.15, 0.2) is 0 Å². The fourth-order valence-corrected chi connectivity index (χ4v) is 2.78. The first kappa shape index (κ1) is 13.1. The van der Waals surface area contributed by atoms with Gasteiger partial charge in [0, 0.05) is 24.8 Å². The van der Waals surface area contributed by atoms with Crippen LogP contribution in [0.3, 0.4) is 0 Å². The molecule has 1 fully saturated rings. The summed E-state index contributed by atoms with van der Waals surface area (Å²) in [5.41, 5.74) is 6.09. The van der Waals surface area contributed by atoms with Crippen LogP contribution in [0, 0.1) is 11.3 Å². The smallest absolute Gasteiger partial charge is 0.148 e. The van der Waals surface area contributed by atoms with Gasteiger partial charge in [-0.3, -0.25) is 5.41 Å². The van der Waals surface area contributed by atoms with E-state index in [0.717, 1.165) is 18.9 Å². The number of nitrogens with zero attached hydrogens (tertiary/aromatic N) is 2. The number of nitrogen functional groups attached to an aromatic ring is 1. The molecule has 5 heteroatoms. The van der Waals surface area contributed by atoms with Crippen LogP contribution in [-0.4, -0.2) is 23.9 Å². The Morgan fingerprint density at radius 1 is 1.67 bits per heavy atom. The number of rotatable bonds is 3. The maximum atomic E-state index is 7.51. The minimum atomic E-state index is -0.00676. The van der Waals surface area contributed by atoms with Gasteiger partial charge in [-0.15, -0.1) is 0 Å². The summed E-state index contributed by atoms with van der Waals surface area (Å²) in [6.07, 6.45) is 5.30. The molecule has 18 heavy (non-hydrogen) atoms. The van der Waals surface area contributed by atoms with E-state index in [9.17, 15) is 0 Å². The quantitative estimate of drug-likeness (QED) is 0.653. The lowest BCUT2D eigenvalue weighted by atomic mass is 9.95. The Morgan fingerprint density at radius 2 is 2.44 bits per heavy atom. The van der Waals surface area contributed by atoms with Crippen molar-refractivity contribution in [3.63, 3.8) is 0 Å². The molecule has 0 spiro atoms. The van der Waals surface area contributed by atoms with Gasteiger partial charge in [0.25, 0.3) is 0 Å². The molecular formula is C13H19ClN4. The molecule has 4 nitrogen and oxygen atoms in total. The zero-order valence-electron chi connectivity index (χ0n) is 10.6. The molecule has 1 aromatic rings. The van der Waals surface area contributed by atoms with Crippen LogP contribution < -0.4 is 10.6 Å². The number of pyridine rings is 1. The monoisotopic (exact) mass is 266 g/mol. The molecule has 98 valence electrons. The van der Waals surface area contributed by atoms with Crippen LogP contribution in [0.25, 0.3) is 0 Å². The molecule has 0 radical (unpaired) electrons. The van der Waals surface area contributed by atoms with E-state index < -0.39 is 0 Å². The van der Waals surface area contributed by atoms with Crippen LogP contribution in [0.15, 0.2) is 12.3 Å². The Balaban J connectivity index is 2.27. The number of hydrogen-bond acceptors (Lipinski definition) is 3. The molecule has 2 heterocycles. The molecule has 3 N–H and O–H groups in total. The number of aromatic nitrogens is 1. The van der Waals surface area contributed by atoms with E-state index >= 15 is 0 Å². The van der Waals surface area contributed by atoms with Gasteiger partial charge >= 0.3 is 0 Å². The second-order valence-corrected chi connectivity index (χ2v) is 5.15. The van der Waals surface area contributed by atoms with E-state index in [-0.39, 0.29) is 5.84 Å². The SMILES string of the molecule is CCC1CCCN(c2nccc(C(=N)N)c2Cl)C1. The maximum Gasteiger partial charge on any atom is 0.148 e. The van der Waals surface area contributed by atoms with Gasteiger partial charge in [0.05, 0.1) is 5.02 Å². The molecule has 1 atom stereocenters. The van der Waals surface area contributed by atoms with Gasteiger partial charge in [-0.1, -0.05) is 24.9 Å². The molecule has 1 aromatic heterocycles. The minimum Gasteiger partial charge on any atom is -0.384 e. The highest BCUT2D eigenvalue weighted by Gasteiger charge is 2.22. The van der Waals surface area contributed by atoms with Crippen LogP contribution in [0.1, 0.15) is 31.7 Å². The maximum absolute atomic E-state index is 7.51. The van der Waals surface area contributed by atoms with Crippen LogP contribution in [-0.2, 0) is 0 Å². The normalized spacial score (nSPS) is 19.9. The van der Waals surface area contributed by atoms with E-state index in [1.165, 1.54) is 19.3 Å². The molecule has 0 amide bonds. The Hall–Kier alpha value is -1.29. The Morgan fingerprint density at radius 3 is 3.11 bits per heavy atom. The van der Waals surface area contributed by atoms with Crippen molar-refractivity contribution in [1.29, 1.82) is 5.41 Å². The molecular weight excluding hydrogens is 248 g/mol. The second kappa shape index (κ2) is 5.57. The van der Waals surface area contributed by atoms with Crippen LogP contribution in [0.4, 0.5) is 5.82 Å². The van der Waals surface area contributed by atoms with Gasteiger partial charge in [0.1, 0.15) is 11.7 Å². The van der Waals surface area contributed by atoms with Crippen LogP contribution in [0.5, 0.6) is 0 Å². The second-order valence-electron chi connectivity index (χ2n) is 4.77. The lowest BCUT2D eigenvalue weighted by Crippen LogP contribution is -2.36. The number of anilines is 1. The third-order valence-electron chi connectivity index (χ3n) is 3.56. The third kappa shape index (κ3) is 2.58. The minimum absolute atomic E-state index is 0.00676. The summed E-state index contributed by atoms with van der Waals surface area (Å²) in [6, 6.07) is 1.69. The molecule has 1 unspecified atom stereocenters. The third-order valence-corrected chi connectivity index (χ3v) is 3.93. The molecule has 1 saturated heterocycles. The van der Waals surface area contributed by atoms with Gasteiger partial charge in [-0.05, 0) is 24.8 Å². The number of hydrogen-bond donors (Lipinski definition) is 2. The van der Waals surface area contributed by atoms with E-state index in [1.807, 2.05) is 0 Å². The Labute approximate surface area is 113 Å². The first-order chi connectivity index (χ1) is 8.63. The van der Waals surface area contributed by atoms with Crippen molar-refractivity contribution < 1.29 is 0 Å². The highest BCUT2D eigenvalue weighted by atomic mass is 35.5. The predicted octanol–water partition coefficient (Wildman–Crippen LogP) is 2.65. The molecule has 2 rings (SSSR count). The zero-order chi connectivity index (χ0) is 13.1. The van der Waals surface area contributed by atoms with E-state index in [2.05, 4.69) is 16.8 Å². The summed E-state index contributed by atoms with van der Waals surface area (Å²) >= 11 is 6.30. The van der Waals surface area contributed by atoms with Crippen molar-refractivity contribution in [2.75, 3.05) is 18.0 Å². The topological polar surface area (TPSA) is 66.0 Å². The van der Waals surface area contributed by atoms with Crippen molar-refractivity contribution >= 4 is 23.3 Å². The predicted molar refractivity (Wildman–Crippen MR) is 75.5 cm³/mol. The lowest BCUT2D eigenvalue weighted by molar-refractivity contribution is 0.403. The number of nitrogens with one attached hydrogen (secondary N) is 1. The number of piperidine rings is 1. The summed E-state index contributed by atoms with van der Waals surface area (Å²) in [5, 5.41) is 8.01. The highest BCUT2D eigenvalue weighted by molar-refractivity contribution is 6.36. The fourth-order valence-electron chi connectivity index (χ4n) is 2.45. The molecule has 1 aliphatic heterocycles. The van der Waals surface area contributed by atoms with E-state index in [0.29, 0.717) is 16.5 Å². The Bertz CT molecular complexity index is 447. The number of amidine groups is 1. The summed E-state index contributed by atoms with van der Waals surface area (Å²) in [6.45, 7) is 4.18. The highest BCUT2D eigenvalue weighted by Crippen LogP contribution is 2.30. The van der Waals surface area contributed by atoms with Crippen molar-refractivity contribution in [3.05, 3.63) is 22.8 Å². The van der Waals surface area contributed by atoms with E-state index in [1.54, 1.807) is 12.3 Å². The van der Waals surface area contributed by atoms with Crippen molar-refractivity contribution in [2.45, 2.75) is 26.2 Å². The summed E-state index contributed by atoms with van der Waals surface area (Å²) in [7, 11) is 0. The van der Waals surface area contributed by atoms with Gasteiger partial charge in [0.2, 0.25) is 0 Å². The summed E-state index contributed by atoms with van der Waals surface area (Å²) < 4.78 is 0. The fraction of sp³-hybridized carbons (Fsp3) is 0.538. The van der Waals surface area contributed by atoms with Crippen LogP contribution in [0.2, 0.25) is 5.02 Å². The van der Waals surface area contributed by atoms with E-state index in [4.69, 9.17) is 22.7 Å². The largest absolute Gasteiger partial charge is 0.384 e. The standard InChI is InChI=1S/C13H19ClN4/c1-2-9-4-3-7-18(8-9)13-11(14)10(12(15)16)5-6-17-13/h5-6,9H,2-4,7-8H2,1H3,(H3,15,16). The summed E-state index contributed by atoms with van der Waals surface area (Å²) in [4.78, 5) is 6.57. The van der Waals surface area contributed by atoms with Gasteiger partial charge in [-0.2, -0.15) is 0 Å². The number of halogens is 1. The average Bonchev–Trinajstić information content (AvgIpc) is 2.38. The zero-order valence-corrected chi connectivity index (χ0v) is 11.4. The summed E-state index contributed by atoms with van der Waals surface area (Å²) in [5.74, 6) is 1.47. The van der Waals surface area contributed by atoms with Gasteiger partial charge < -0.3 is 10.6 Å². The molecule has 0 aromatic carbocycles. The molecule has 0 aliphatic carbocycles. The average molecular weight is 267 g/mol. The Kier molecular flexibility index (Phi) is 4.07.